The lowest BCUT2D eigenvalue weighted by molar-refractivity contribution is -0.131. The number of carboxylic acid groups (broad SMARTS) is 1. The normalized spacial score (nSPS) is 10.5. The highest BCUT2D eigenvalue weighted by atomic mass is 16.4. The lowest BCUT2D eigenvalue weighted by atomic mass is 10.1. The Balaban J connectivity index is 2.53. The van der Waals surface area contributed by atoms with Crippen molar-refractivity contribution in [1.82, 2.24) is 10.3 Å². The predicted octanol–water partition coefficient (Wildman–Crippen LogP) is 1.33. The molecule has 0 unspecified atom stereocenters. The third-order valence-electron chi connectivity index (χ3n) is 1.98. The molecule has 0 radical (unpaired) electrons. The largest absolute Gasteiger partial charge is 0.478 e. The van der Waals surface area contributed by atoms with Crippen molar-refractivity contribution in [2.24, 2.45) is 0 Å². The molecule has 0 saturated carbocycles. The highest BCUT2D eigenvalue weighted by Crippen LogP contribution is 2.05. The first-order chi connectivity index (χ1) is 7.24. The van der Waals surface area contributed by atoms with Gasteiger partial charge >= 0.3 is 5.97 Å². The molecule has 0 saturated heterocycles. The molecule has 1 aromatic heterocycles. The minimum Gasteiger partial charge on any atom is -0.478 e. The molecule has 1 heterocycles. The van der Waals surface area contributed by atoms with E-state index < -0.39 is 5.97 Å². The summed E-state index contributed by atoms with van der Waals surface area (Å²) in [5, 5.41) is 11.3. The first kappa shape index (κ1) is 11.2. The summed E-state index contributed by atoms with van der Waals surface area (Å²) in [6.07, 6.45) is 5.13. The van der Waals surface area contributed by atoms with Crippen LogP contribution in [0.4, 0.5) is 0 Å². The Hall–Kier alpha value is -1.84. The van der Waals surface area contributed by atoms with E-state index in [4.69, 9.17) is 5.11 Å². The monoisotopic (exact) mass is 206 g/mol. The zero-order valence-corrected chi connectivity index (χ0v) is 8.60. The fraction of sp³-hybridized carbons (Fsp3) is 0.273. The number of aliphatic carboxylic acids is 1. The Morgan fingerprint density at radius 2 is 2.47 bits per heavy atom. The van der Waals surface area contributed by atoms with Crippen molar-refractivity contribution < 1.29 is 9.90 Å². The number of carbonyl (C=O) groups is 1. The second-order valence-electron chi connectivity index (χ2n) is 3.02. The molecule has 0 bridgehead atoms. The van der Waals surface area contributed by atoms with Crippen LogP contribution in [0.3, 0.4) is 0 Å². The van der Waals surface area contributed by atoms with Gasteiger partial charge in [0.2, 0.25) is 0 Å². The topological polar surface area (TPSA) is 62.2 Å². The van der Waals surface area contributed by atoms with Crippen LogP contribution in [-0.2, 0) is 17.8 Å². The van der Waals surface area contributed by atoms with Crippen molar-refractivity contribution in [2.75, 3.05) is 0 Å². The molecule has 0 fully saturated rings. The Bertz CT molecular complexity index is 361. The number of nitrogens with one attached hydrogen (secondary N) is 1. The molecule has 0 aliphatic carbocycles. The van der Waals surface area contributed by atoms with Crippen molar-refractivity contribution >= 4 is 5.97 Å². The maximum atomic E-state index is 10.2. The van der Waals surface area contributed by atoms with E-state index >= 15 is 0 Å². The SMILES string of the molecule is CCc1cccnc1CN/C=C/C(=O)O. The quantitative estimate of drug-likeness (QED) is 0.713. The Labute approximate surface area is 88.7 Å². The third kappa shape index (κ3) is 3.81. The number of nitrogens with zero attached hydrogens (tertiary/aromatic N) is 1. The lowest BCUT2D eigenvalue weighted by Gasteiger charge is -2.05. The second kappa shape index (κ2) is 5.80. The average molecular weight is 206 g/mol. The molecule has 0 aromatic carbocycles. The van der Waals surface area contributed by atoms with Crippen LogP contribution in [-0.4, -0.2) is 16.1 Å². The van der Waals surface area contributed by atoms with Crippen LogP contribution in [0.1, 0.15) is 18.2 Å². The summed E-state index contributed by atoms with van der Waals surface area (Å²) < 4.78 is 0. The van der Waals surface area contributed by atoms with Crippen LogP contribution in [0.25, 0.3) is 0 Å². The first-order valence-electron chi connectivity index (χ1n) is 4.79. The summed E-state index contributed by atoms with van der Waals surface area (Å²) in [7, 11) is 0. The van der Waals surface area contributed by atoms with Gasteiger partial charge in [0.1, 0.15) is 0 Å². The zero-order chi connectivity index (χ0) is 11.1. The van der Waals surface area contributed by atoms with Crippen LogP contribution in [0.2, 0.25) is 0 Å². The average Bonchev–Trinajstić information content (AvgIpc) is 2.24. The van der Waals surface area contributed by atoms with E-state index in [-0.39, 0.29) is 0 Å². The lowest BCUT2D eigenvalue weighted by Crippen LogP contribution is -2.09. The molecule has 0 aliphatic rings. The predicted molar refractivity (Wildman–Crippen MR) is 57.2 cm³/mol. The Morgan fingerprint density at radius 3 is 3.13 bits per heavy atom. The van der Waals surface area contributed by atoms with Crippen LogP contribution in [0.15, 0.2) is 30.6 Å². The van der Waals surface area contributed by atoms with Gasteiger partial charge in [-0.05, 0) is 18.1 Å². The molecule has 0 amide bonds. The summed E-state index contributed by atoms with van der Waals surface area (Å²) in [6.45, 7) is 2.61. The van der Waals surface area contributed by atoms with Gasteiger partial charge < -0.3 is 10.4 Å². The van der Waals surface area contributed by atoms with E-state index in [0.717, 1.165) is 18.2 Å². The van der Waals surface area contributed by atoms with Gasteiger partial charge in [-0.2, -0.15) is 0 Å². The summed E-state index contributed by atoms with van der Waals surface area (Å²) >= 11 is 0. The summed E-state index contributed by atoms with van der Waals surface area (Å²) in [4.78, 5) is 14.4. The van der Waals surface area contributed by atoms with Gasteiger partial charge in [-0.1, -0.05) is 13.0 Å². The molecule has 0 spiro atoms. The molecule has 2 N–H and O–H groups in total. The van der Waals surface area contributed by atoms with Gasteiger partial charge in [0.05, 0.1) is 12.2 Å². The van der Waals surface area contributed by atoms with Crippen LogP contribution >= 0.6 is 0 Å². The number of aryl methyl sites for hydroxylation is 1. The molecule has 1 rings (SSSR count). The van der Waals surface area contributed by atoms with Gasteiger partial charge in [0.25, 0.3) is 0 Å². The Kier molecular flexibility index (Phi) is 4.34. The van der Waals surface area contributed by atoms with E-state index in [1.54, 1.807) is 6.20 Å². The number of aromatic nitrogens is 1. The van der Waals surface area contributed by atoms with Gasteiger partial charge in [0.15, 0.2) is 0 Å². The van der Waals surface area contributed by atoms with Crippen molar-refractivity contribution in [3.8, 4) is 0 Å². The van der Waals surface area contributed by atoms with Crippen LogP contribution in [0, 0.1) is 0 Å². The van der Waals surface area contributed by atoms with Gasteiger partial charge in [-0.3, -0.25) is 4.98 Å². The van der Waals surface area contributed by atoms with Gasteiger partial charge in [0, 0.05) is 18.5 Å². The molecular formula is C11H14N2O2. The van der Waals surface area contributed by atoms with E-state index in [1.807, 2.05) is 12.1 Å². The fourth-order valence-electron chi connectivity index (χ4n) is 1.24. The minimum atomic E-state index is -0.959. The molecule has 80 valence electrons. The summed E-state index contributed by atoms with van der Waals surface area (Å²) in [6, 6.07) is 3.92. The Morgan fingerprint density at radius 1 is 1.67 bits per heavy atom. The highest BCUT2D eigenvalue weighted by molar-refractivity contribution is 5.79. The minimum absolute atomic E-state index is 0.549. The number of carboxylic acids is 1. The molecule has 0 atom stereocenters. The molecule has 0 aliphatic heterocycles. The molecule has 4 nitrogen and oxygen atoms in total. The van der Waals surface area contributed by atoms with E-state index in [2.05, 4.69) is 17.2 Å². The number of hydrogen-bond acceptors (Lipinski definition) is 3. The number of pyridine rings is 1. The summed E-state index contributed by atoms with van der Waals surface area (Å²) in [5.74, 6) is -0.959. The van der Waals surface area contributed by atoms with Crippen molar-refractivity contribution in [2.45, 2.75) is 19.9 Å². The zero-order valence-electron chi connectivity index (χ0n) is 8.60. The highest BCUT2D eigenvalue weighted by Gasteiger charge is 1.98. The standard InChI is InChI=1S/C11H14N2O2/c1-2-9-4-3-6-13-10(9)8-12-7-5-11(14)15/h3-7,12H,2,8H2,1H3,(H,14,15)/b7-5+. The fourth-order valence-corrected chi connectivity index (χ4v) is 1.24. The second-order valence-corrected chi connectivity index (χ2v) is 3.02. The maximum Gasteiger partial charge on any atom is 0.329 e. The van der Waals surface area contributed by atoms with Crippen molar-refractivity contribution in [3.05, 3.63) is 41.9 Å². The van der Waals surface area contributed by atoms with Gasteiger partial charge in [-0.25, -0.2) is 4.79 Å². The van der Waals surface area contributed by atoms with Gasteiger partial charge in [-0.15, -0.1) is 0 Å². The molecule has 15 heavy (non-hydrogen) atoms. The maximum absolute atomic E-state index is 10.2. The molecule has 4 heteroatoms. The third-order valence-corrected chi connectivity index (χ3v) is 1.98. The molecular weight excluding hydrogens is 192 g/mol. The van der Waals surface area contributed by atoms with Crippen LogP contribution in [0.5, 0.6) is 0 Å². The molecule has 1 aromatic rings. The number of rotatable bonds is 5. The first-order valence-corrected chi connectivity index (χ1v) is 4.79. The van der Waals surface area contributed by atoms with Crippen molar-refractivity contribution in [3.63, 3.8) is 0 Å². The smallest absolute Gasteiger partial charge is 0.329 e. The van der Waals surface area contributed by atoms with E-state index in [1.165, 1.54) is 11.8 Å². The number of hydrogen-bond donors (Lipinski definition) is 2. The summed E-state index contributed by atoms with van der Waals surface area (Å²) in [5.41, 5.74) is 2.13. The van der Waals surface area contributed by atoms with E-state index in [9.17, 15) is 4.79 Å². The van der Waals surface area contributed by atoms with Crippen LogP contribution < -0.4 is 5.32 Å². The van der Waals surface area contributed by atoms with Crippen molar-refractivity contribution in [1.29, 1.82) is 0 Å². The van der Waals surface area contributed by atoms with E-state index in [0.29, 0.717) is 6.54 Å².